The highest BCUT2D eigenvalue weighted by molar-refractivity contribution is 5.98. The number of hydrogen-bond acceptors (Lipinski definition) is 5. The van der Waals surface area contributed by atoms with Gasteiger partial charge in [-0.2, -0.15) is 0 Å². The lowest BCUT2D eigenvalue weighted by Gasteiger charge is -2.13. The first-order valence-electron chi connectivity index (χ1n) is 10.8. The molecule has 0 spiro atoms. The van der Waals surface area contributed by atoms with Crippen molar-refractivity contribution in [1.82, 2.24) is 10.6 Å². The van der Waals surface area contributed by atoms with E-state index < -0.39 is 0 Å². The molecule has 1 atom stereocenters. The lowest BCUT2D eigenvalue weighted by atomic mass is 10.1. The van der Waals surface area contributed by atoms with Crippen LogP contribution in [-0.4, -0.2) is 30.3 Å². The van der Waals surface area contributed by atoms with Gasteiger partial charge in [0.25, 0.3) is 11.8 Å². The van der Waals surface area contributed by atoms with E-state index in [0.717, 1.165) is 6.42 Å². The number of hydrogen-bond donors (Lipinski definition) is 4. The van der Waals surface area contributed by atoms with Crippen LogP contribution in [0.2, 0.25) is 0 Å². The molecule has 3 aromatic rings. The van der Waals surface area contributed by atoms with Gasteiger partial charge in [-0.3, -0.25) is 14.4 Å². The molecule has 0 saturated heterocycles. The van der Waals surface area contributed by atoms with Crippen LogP contribution in [0.15, 0.2) is 71.3 Å². The topological polar surface area (TPSA) is 112 Å². The van der Waals surface area contributed by atoms with Crippen LogP contribution in [0.5, 0.6) is 0 Å². The number of carbonyl (C=O) groups excluding carboxylic acids is 3. The van der Waals surface area contributed by atoms with Gasteiger partial charge < -0.3 is 25.7 Å². The fourth-order valence-corrected chi connectivity index (χ4v) is 2.99. The van der Waals surface area contributed by atoms with E-state index in [1.54, 1.807) is 66.9 Å². The molecule has 1 heterocycles. The second kappa shape index (κ2) is 11.5. The third-order valence-corrected chi connectivity index (χ3v) is 4.98. The van der Waals surface area contributed by atoms with Crippen molar-refractivity contribution in [2.45, 2.75) is 32.9 Å². The highest BCUT2D eigenvalue weighted by atomic mass is 16.3. The first kappa shape index (κ1) is 23.6. The molecule has 0 saturated carbocycles. The minimum absolute atomic E-state index is 0.000755. The number of carbonyl (C=O) groups is 3. The SMILES string of the molecule is CCC(C)NC(=O)c1cccc(NC(=O)CNc2cccc(C(=O)NCc3ccco3)c2)c1. The van der Waals surface area contributed by atoms with E-state index in [2.05, 4.69) is 21.3 Å². The Morgan fingerprint density at radius 2 is 1.61 bits per heavy atom. The summed E-state index contributed by atoms with van der Waals surface area (Å²) in [7, 11) is 0. The molecule has 4 N–H and O–H groups in total. The van der Waals surface area contributed by atoms with Crippen LogP contribution < -0.4 is 21.3 Å². The second-order valence-corrected chi connectivity index (χ2v) is 7.61. The van der Waals surface area contributed by atoms with Gasteiger partial charge in [0, 0.05) is 28.5 Å². The van der Waals surface area contributed by atoms with Gasteiger partial charge in [-0.25, -0.2) is 0 Å². The zero-order valence-corrected chi connectivity index (χ0v) is 18.7. The summed E-state index contributed by atoms with van der Waals surface area (Å²) in [6.45, 7) is 4.23. The van der Waals surface area contributed by atoms with Gasteiger partial charge in [0.2, 0.25) is 5.91 Å². The van der Waals surface area contributed by atoms with E-state index >= 15 is 0 Å². The Labute approximate surface area is 192 Å². The molecule has 0 aliphatic rings. The number of furan rings is 1. The molecule has 1 aromatic heterocycles. The van der Waals surface area contributed by atoms with Crippen molar-refractivity contribution in [2.75, 3.05) is 17.2 Å². The van der Waals surface area contributed by atoms with Crippen molar-refractivity contribution >= 4 is 29.1 Å². The molecule has 8 heteroatoms. The minimum atomic E-state index is -0.276. The van der Waals surface area contributed by atoms with E-state index in [1.807, 2.05) is 13.8 Å². The standard InChI is InChI=1S/C25H28N4O4/c1-3-17(2)28-25(32)19-8-5-10-21(14-19)29-23(30)16-26-20-9-4-7-18(13-20)24(31)27-15-22-11-6-12-33-22/h4-14,17,26H,3,15-16H2,1-2H3,(H,27,31)(H,28,32)(H,29,30). The van der Waals surface area contributed by atoms with Crippen LogP contribution >= 0.6 is 0 Å². The van der Waals surface area contributed by atoms with E-state index in [1.165, 1.54) is 0 Å². The van der Waals surface area contributed by atoms with E-state index in [0.29, 0.717) is 34.8 Å². The number of rotatable bonds is 10. The Morgan fingerprint density at radius 3 is 2.30 bits per heavy atom. The van der Waals surface area contributed by atoms with Crippen LogP contribution in [0.1, 0.15) is 46.7 Å². The Morgan fingerprint density at radius 1 is 0.909 bits per heavy atom. The van der Waals surface area contributed by atoms with E-state index in [9.17, 15) is 14.4 Å². The lowest BCUT2D eigenvalue weighted by molar-refractivity contribution is -0.114. The molecule has 0 fully saturated rings. The first-order valence-corrected chi connectivity index (χ1v) is 10.8. The van der Waals surface area contributed by atoms with Crippen LogP contribution in [0.3, 0.4) is 0 Å². The maximum Gasteiger partial charge on any atom is 0.251 e. The molecule has 172 valence electrons. The van der Waals surface area contributed by atoms with Crippen molar-refractivity contribution in [3.05, 3.63) is 83.8 Å². The quantitative estimate of drug-likeness (QED) is 0.377. The van der Waals surface area contributed by atoms with Crippen molar-refractivity contribution in [2.24, 2.45) is 0 Å². The Bertz CT molecular complexity index is 1100. The Hall–Kier alpha value is -4.07. The fraction of sp³-hybridized carbons (Fsp3) is 0.240. The highest BCUT2D eigenvalue weighted by Crippen LogP contribution is 2.13. The number of anilines is 2. The molecule has 2 aromatic carbocycles. The Kier molecular flexibility index (Phi) is 8.24. The number of nitrogens with one attached hydrogen (secondary N) is 4. The molecular weight excluding hydrogens is 420 g/mol. The molecule has 3 amide bonds. The lowest BCUT2D eigenvalue weighted by Crippen LogP contribution is -2.32. The largest absolute Gasteiger partial charge is 0.467 e. The number of benzene rings is 2. The predicted molar refractivity (Wildman–Crippen MR) is 127 cm³/mol. The van der Waals surface area contributed by atoms with Gasteiger partial charge in [0.05, 0.1) is 19.4 Å². The van der Waals surface area contributed by atoms with Crippen LogP contribution in [0, 0.1) is 0 Å². The molecule has 0 radical (unpaired) electrons. The van der Waals surface area contributed by atoms with E-state index in [-0.39, 0.29) is 30.3 Å². The van der Waals surface area contributed by atoms with Crippen molar-refractivity contribution in [3.8, 4) is 0 Å². The summed E-state index contributed by atoms with van der Waals surface area (Å²) in [5, 5.41) is 11.5. The van der Waals surface area contributed by atoms with Gasteiger partial charge in [-0.05, 0) is 61.9 Å². The highest BCUT2D eigenvalue weighted by Gasteiger charge is 2.11. The molecule has 3 rings (SSSR count). The maximum atomic E-state index is 12.4. The monoisotopic (exact) mass is 448 g/mol. The maximum absolute atomic E-state index is 12.4. The average molecular weight is 449 g/mol. The summed E-state index contributed by atoms with van der Waals surface area (Å²) in [6.07, 6.45) is 2.38. The van der Waals surface area contributed by atoms with Gasteiger partial charge in [0.1, 0.15) is 5.76 Å². The molecule has 33 heavy (non-hydrogen) atoms. The van der Waals surface area contributed by atoms with Crippen molar-refractivity contribution in [3.63, 3.8) is 0 Å². The second-order valence-electron chi connectivity index (χ2n) is 7.61. The van der Waals surface area contributed by atoms with Gasteiger partial charge in [-0.1, -0.05) is 19.1 Å². The normalized spacial score (nSPS) is 11.3. The summed E-state index contributed by atoms with van der Waals surface area (Å²) in [5.41, 5.74) is 2.11. The smallest absolute Gasteiger partial charge is 0.251 e. The third kappa shape index (κ3) is 7.24. The van der Waals surface area contributed by atoms with Crippen LogP contribution in [0.4, 0.5) is 11.4 Å². The number of amides is 3. The fourth-order valence-electron chi connectivity index (χ4n) is 2.99. The van der Waals surface area contributed by atoms with Crippen molar-refractivity contribution in [1.29, 1.82) is 0 Å². The zero-order chi connectivity index (χ0) is 23.6. The molecule has 8 nitrogen and oxygen atoms in total. The van der Waals surface area contributed by atoms with Crippen LogP contribution in [0.25, 0.3) is 0 Å². The molecule has 0 aliphatic carbocycles. The summed E-state index contributed by atoms with van der Waals surface area (Å²) in [5.74, 6) is -0.0365. The third-order valence-electron chi connectivity index (χ3n) is 4.98. The predicted octanol–water partition coefficient (Wildman–Crippen LogP) is 3.79. The van der Waals surface area contributed by atoms with Crippen LogP contribution in [-0.2, 0) is 11.3 Å². The average Bonchev–Trinajstić information content (AvgIpc) is 3.35. The summed E-state index contributed by atoms with van der Waals surface area (Å²) in [4.78, 5) is 37.0. The van der Waals surface area contributed by atoms with Crippen molar-refractivity contribution < 1.29 is 18.8 Å². The summed E-state index contributed by atoms with van der Waals surface area (Å²) < 4.78 is 5.21. The molecule has 1 unspecified atom stereocenters. The molecule has 0 bridgehead atoms. The van der Waals surface area contributed by atoms with Gasteiger partial charge in [-0.15, -0.1) is 0 Å². The van der Waals surface area contributed by atoms with Gasteiger partial charge in [0.15, 0.2) is 0 Å². The molecule has 0 aliphatic heterocycles. The molecular formula is C25H28N4O4. The van der Waals surface area contributed by atoms with Gasteiger partial charge >= 0.3 is 0 Å². The minimum Gasteiger partial charge on any atom is -0.467 e. The zero-order valence-electron chi connectivity index (χ0n) is 18.7. The summed E-state index contributed by atoms with van der Waals surface area (Å²) in [6, 6.07) is 17.3. The van der Waals surface area contributed by atoms with E-state index in [4.69, 9.17) is 4.42 Å². The summed E-state index contributed by atoms with van der Waals surface area (Å²) >= 11 is 0. The first-order chi connectivity index (χ1) is 15.9. The Balaban J connectivity index is 1.51.